The van der Waals surface area contributed by atoms with Gasteiger partial charge in [0.2, 0.25) is 11.8 Å². The van der Waals surface area contributed by atoms with E-state index in [4.69, 9.17) is 5.11 Å². The van der Waals surface area contributed by atoms with Crippen molar-refractivity contribution in [2.45, 2.75) is 45.2 Å². The van der Waals surface area contributed by atoms with E-state index in [-0.39, 0.29) is 24.5 Å². The summed E-state index contributed by atoms with van der Waals surface area (Å²) in [7, 11) is 1.82. The van der Waals surface area contributed by atoms with Gasteiger partial charge in [0.25, 0.3) is 0 Å². The van der Waals surface area contributed by atoms with E-state index in [1.54, 1.807) is 18.0 Å². The van der Waals surface area contributed by atoms with Crippen molar-refractivity contribution in [1.29, 1.82) is 0 Å². The van der Waals surface area contributed by atoms with Gasteiger partial charge in [-0.25, -0.2) is 4.98 Å². The molecule has 0 unspecified atom stereocenters. The topological polar surface area (TPSA) is 78.7 Å². The molecule has 23 heavy (non-hydrogen) atoms. The number of piperidine rings is 1. The van der Waals surface area contributed by atoms with Crippen LogP contribution in [0.2, 0.25) is 0 Å². The molecule has 1 aromatic rings. The normalized spacial score (nSPS) is 15.7. The van der Waals surface area contributed by atoms with Gasteiger partial charge < -0.3 is 19.5 Å². The van der Waals surface area contributed by atoms with Crippen LogP contribution in [0.3, 0.4) is 0 Å². The van der Waals surface area contributed by atoms with Gasteiger partial charge in [-0.2, -0.15) is 0 Å². The van der Waals surface area contributed by atoms with Gasteiger partial charge in [-0.15, -0.1) is 0 Å². The van der Waals surface area contributed by atoms with Gasteiger partial charge in [-0.3, -0.25) is 9.59 Å². The smallest absolute Gasteiger partial charge is 0.223 e. The monoisotopic (exact) mass is 322 g/mol. The minimum Gasteiger partial charge on any atom is -0.395 e. The SMILES string of the molecule is CC(=O)N(C)C1CCN(C(=O)CCc2nccn2CCO)CC1. The third kappa shape index (κ3) is 4.54. The first-order valence-corrected chi connectivity index (χ1v) is 8.15. The zero-order valence-electron chi connectivity index (χ0n) is 13.9. The zero-order chi connectivity index (χ0) is 16.8. The van der Waals surface area contributed by atoms with Crippen LogP contribution < -0.4 is 0 Å². The summed E-state index contributed by atoms with van der Waals surface area (Å²) in [6.45, 7) is 3.55. The van der Waals surface area contributed by atoms with Crippen LogP contribution in [0.15, 0.2) is 12.4 Å². The first-order valence-electron chi connectivity index (χ1n) is 8.15. The molecule has 1 N–H and O–H groups in total. The quantitative estimate of drug-likeness (QED) is 0.816. The molecule has 2 amide bonds. The summed E-state index contributed by atoms with van der Waals surface area (Å²) in [5.41, 5.74) is 0. The lowest BCUT2D eigenvalue weighted by atomic mass is 10.0. The van der Waals surface area contributed by atoms with Crippen LogP contribution in [0.25, 0.3) is 0 Å². The second-order valence-corrected chi connectivity index (χ2v) is 6.00. The number of aliphatic hydroxyl groups excluding tert-OH is 1. The number of aromatic nitrogens is 2. The molecule has 7 nitrogen and oxygen atoms in total. The number of likely N-dealkylation sites (tertiary alicyclic amines) is 1. The molecule has 2 heterocycles. The Morgan fingerprint density at radius 1 is 1.39 bits per heavy atom. The lowest BCUT2D eigenvalue weighted by molar-refractivity contribution is -0.134. The van der Waals surface area contributed by atoms with Crippen LogP contribution in [0.4, 0.5) is 0 Å². The van der Waals surface area contributed by atoms with Gasteiger partial charge in [0.1, 0.15) is 5.82 Å². The summed E-state index contributed by atoms with van der Waals surface area (Å²) in [6, 6.07) is 0.236. The molecule has 1 saturated heterocycles. The fourth-order valence-corrected chi connectivity index (χ4v) is 3.02. The lowest BCUT2D eigenvalue weighted by Gasteiger charge is -2.36. The van der Waals surface area contributed by atoms with E-state index in [0.29, 0.717) is 32.5 Å². The van der Waals surface area contributed by atoms with E-state index in [1.165, 1.54) is 0 Å². The Bertz CT molecular complexity index is 535. The molecular formula is C16H26N4O3. The second-order valence-electron chi connectivity index (χ2n) is 6.00. The highest BCUT2D eigenvalue weighted by Gasteiger charge is 2.26. The molecule has 0 aromatic carbocycles. The standard InChI is InChI=1S/C16H26N4O3/c1-13(22)18(2)14-5-8-20(9-6-14)16(23)4-3-15-17-7-10-19(15)11-12-21/h7,10,14,21H,3-6,8-9,11-12H2,1-2H3. The summed E-state index contributed by atoms with van der Waals surface area (Å²) in [4.78, 5) is 31.6. The number of hydrogen-bond acceptors (Lipinski definition) is 4. The van der Waals surface area contributed by atoms with Crippen LogP contribution in [-0.2, 0) is 22.6 Å². The highest BCUT2D eigenvalue weighted by atomic mass is 16.3. The van der Waals surface area contributed by atoms with Crippen molar-refractivity contribution >= 4 is 11.8 Å². The molecular weight excluding hydrogens is 296 g/mol. The molecule has 0 aliphatic carbocycles. The maximum Gasteiger partial charge on any atom is 0.223 e. The number of aryl methyl sites for hydroxylation is 1. The average Bonchev–Trinajstić information content (AvgIpc) is 2.99. The zero-order valence-corrected chi connectivity index (χ0v) is 13.9. The number of rotatable bonds is 6. The molecule has 0 spiro atoms. The van der Waals surface area contributed by atoms with Gasteiger partial charge in [0.15, 0.2) is 0 Å². The number of carbonyl (C=O) groups is 2. The van der Waals surface area contributed by atoms with Crippen molar-refractivity contribution in [1.82, 2.24) is 19.4 Å². The molecule has 0 atom stereocenters. The lowest BCUT2D eigenvalue weighted by Crippen LogP contribution is -2.46. The van der Waals surface area contributed by atoms with Crippen molar-refractivity contribution in [2.24, 2.45) is 0 Å². The highest BCUT2D eigenvalue weighted by molar-refractivity contribution is 5.76. The van der Waals surface area contributed by atoms with E-state index in [2.05, 4.69) is 4.98 Å². The Morgan fingerprint density at radius 2 is 2.09 bits per heavy atom. The van der Waals surface area contributed by atoms with E-state index >= 15 is 0 Å². The van der Waals surface area contributed by atoms with Gasteiger partial charge in [-0.1, -0.05) is 0 Å². The fourth-order valence-electron chi connectivity index (χ4n) is 3.02. The Kier molecular flexibility index (Phi) is 6.15. The Morgan fingerprint density at radius 3 is 2.70 bits per heavy atom. The van der Waals surface area contributed by atoms with Crippen molar-refractivity contribution in [3.05, 3.63) is 18.2 Å². The van der Waals surface area contributed by atoms with E-state index in [9.17, 15) is 9.59 Å². The molecule has 1 fully saturated rings. The number of aliphatic hydroxyl groups is 1. The highest BCUT2D eigenvalue weighted by Crippen LogP contribution is 2.16. The Hall–Kier alpha value is -1.89. The maximum absolute atomic E-state index is 12.3. The second kappa shape index (κ2) is 8.10. The van der Waals surface area contributed by atoms with E-state index in [1.807, 2.05) is 22.7 Å². The number of amides is 2. The van der Waals surface area contributed by atoms with Crippen molar-refractivity contribution in [3.63, 3.8) is 0 Å². The summed E-state index contributed by atoms with van der Waals surface area (Å²) >= 11 is 0. The van der Waals surface area contributed by atoms with Gasteiger partial charge in [0, 0.05) is 64.9 Å². The molecule has 7 heteroatoms. The predicted octanol–water partition coefficient (Wildman–Crippen LogP) is 0.277. The third-order valence-electron chi connectivity index (χ3n) is 4.57. The molecule has 128 valence electrons. The predicted molar refractivity (Wildman–Crippen MR) is 85.7 cm³/mol. The van der Waals surface area contributed by atoms with Gasteiger partial charge in [0.05, 0.1) is 6.61 Å². The van der Waals surface area contributed by atoms with E-state index in [0.717, 1.165) is 18.7 Å². The van der Waals surface area contributed by atoms with E-state index < -0.39 is 0 Å². The number of nitrogens with zero attached hydrogens (tertiary/aromatic N) is 4. The summed E-state index contributed by atoms with van der Waals surface area (Å²) in [6.07, 6.45) is 6.19. The minimum atomic E-state index is 0.0640. The Labute approximate surface area is 136 Å². The molecule has 1 aromatic heterocycles. The average molecular weight is 322 g/mol. The largest absolute Gasteiger partial charge is 0.395 e. The summed E-state index contributed by atoms with van der Waals surface area (Å²) in [5.74, 6) is 1.04. The summed E-state index contributed by atoms with van der Waals surface area (Å²) < 4.78 is 1.88. The third-order valence-corrected chi connectivity index (χ3v) is 4.57. The van der Waals surface area contributed by atoms with Gasteiger partial charge in [-0.05, 0) is 12.8 Å². The first-order chi connectivity index (χ1) is 11.0. The van der Waals surface area contributed by atoms with Crippen molar-refractivity contribution in [3.8, 4) is 0 Å². The first kappa shape index (κ1) is 17.5. The van der Waals surface area contributed by atoms with Crippen LogP contribution in [0.1, 0.15) is 32.0 Å². The van der Waals surface area contributed by atoms with Crippen LogP contribution in [0, 0.1) is 0 Å². The molecule has 1 aliphatic rings. The Balaban J connectivity index is 1.79. The van der Waals surface area contributed by atoms with Crippen LogP contribution >= 0.6 is 0 Å². The molecule has 1 aliphatic heterocycles. The number of imidazole rings is 1. The summed E-state index contributed by atoms with van der Waals surface area (Å²) in [5, 5.41) is 9.00. The van der Waals surface area contributed by atoms with Crippen LogP contribution in [0.5, 0.6) is 0 Å². The minimum absolute atomic E-state index is 0.0640. The van der Waals surface area contributed by atoms with Crippen LogP contribution in [-0.4, -0.2) is 69.1 Å². The fraction of sp³-hybridized carbons (Fsp3) is 0.688. The molecule has 0 bridgehead atoms. The number of hydrogen-bond donors (Lipinski definition) is 1. The molecule has 2 rings (SSSR count). The molecule has 0 saturated carbocycles. The maximum atomic E-state index is 12.3. The number of carbonyl (C=O) groups excluding carboxylic acids is 2. The van der Waals surface area contributed by atoms with Crippen molar-refractivity contribution in [2.75, 3.05) is 26.7 Å². The van der Waals surface area contributed by atoms with Gasteiger partial charge >= 0.3 is 0 Å². The van der Waals surface area contributed by atoms with Crippen molar-refractivity contribution < 1.29 is 14.7 Å². The molecule has 0 radical (unpaired) electrons.